The van der Waals surface area contributed by atoms with Gasteiger partial charge in [0.1, 0.15) is 12.0 Å². The van der Waals surface area contributed by atoms with Gasteiger partial charge in [0.2, 0.25) is 0 Å². The molecule has 0 aliphatic carbocycles. The summed E-state index contributed by atoms with van der Waals surface area (Å²) in [4.78, 5) is 11.6. The molecule has 0 spiro atoms. The molecule has 4 aromatic rings. The SMILES string of the molecule is Cc1cc(-c2cccc(Nc3ccccc3N)c2Cl)c(-c2cn(CCO)nn2)cc1C=O. The van der Waals surface area contributed by atoms with Gasteiger partial charge >= 0.3 is 0 Å². The number of nitrogens with two attached hydrogens (primary N) is 1. The first-order valence-electron chi connectivity index (χ1n) is 10.0. The zero-order valence-electron chi connectivity index (χ0n) is 17.4. The second kappa shape index (κ2) is 9.21. The lowest BCUT2D eigenvalue weighted by Gasteiger charge is -2.16. The summed E-state index contributed by atoms with van der Waals surface area (Å²) < 4.78 is 1.55. The molecule has 0 fully saturated rings. The van der Waals surface area contributed by atoms with Gasteiger partial charge in [0.15, 0.2) is 0 Å². The van der Waals surface area contributed by atoms with E-state index in [0.29, 0.717) is 34.2 Å². The number of aldehydes is 1. The molecule has 0 unspecified atom stereocenters. The number of anilines is 3. The Morgan fingerprint density at radius 2 is 1.88 bits per heavy atom. The maximum Gasteiger partial charge on any atom is 0.150 e. The van der Waals surface area contributed by atoms with Gasteiger partial charge in [-0.25, -0.2) is 4.68 Å². The summed E-state index contributed by atoms with van der Waals surface area (Å²) in [6.07, 6.45) is 2.55. The van der Waals surface area contributed by atoms with Crippen molar-refractivity contribution in [2.24, 2.45) is 0 Å². The summed E-state index contributed by atoms with van der Waals surface area (Å²) in [5, 5.41) is 21.3. The van der Waals surface area contributed by atoms with Crippen LogP contribution in [0.15, 0.2) is 60.8 Å². The first kappa shape index (κ1) is 21.5. The average molecular weight is 448 g/mol. The van der Waals surface area contributed by atoms with E-state index in [9.17, 15) is 9.90 Å². The molecule has 4 N–H and O–H groups in total. The Balaban J connectivity index is 1.85. The standard InChI is InChI=1S/C24H22ClN5O2/c1-15-11-18(19(12-16(15)14-32)23-13-30(9-10-31)29-28-23)17-5-4-8-22(24(17)25)27-21-7-3-2-6-20(21)26/h2-8,11-14,27,31H,9-10,26H2,1H3. The number of aromatic nitrogens is 3. The minimum absolute atomic E-state index is 0.0503. The van der Waals surface area contributed by atoms with Crippen molar-refractivity contribution in [2.45, 2.75) is 13.5 Å². The predicted octanol–water partition coefficient (Wildman–Crippen LogP) is 4.70. The number of nitrogen functional groups attached to an aromatic ring is 1. The normalized spacial score (nSPS) is 10.8. The number of hydrogen-bond acceptors (Lipinski definition) is 6. The number of benzene rings is 3. The van der Waals surface area contributed by atoms with Crippen molar-refractivity contribution in [3.63, 3.8) is 0 Å². The summed E-state index contributed by atoms with van der Waals surface area (Å²) >= 11 is 6.84. The fourth-order valence-electron chi connectivity index (χ4n) is 3.51. The predicted molar refractivity (Wildman–Crippen MR) is 127 cm³/mol. The van der Waals surface area contributed by atoms with Gasteiger partial charge in [0.25, 0.3) is 0 Å². The first-order valence-corrected chi connectivity index (χ1v) is 10.4. The van der Waals surface area contributed by atoms with E-state index in [1.54, 1.807) is 16.9 Å². The topological polar surface area (TPSA) is 106 Å². The zero-order chi connectivity index (χ0) is 22.7. The van der Waals surface area contributed by atoms with Gasteiger partial charge in [-0.05, 0) is 48.4 Å². The first-order chi connectivity index (χ1) is 15.5. The van der Waals surface area contributed by atoms with Crippen molar-refractivity contribution in [1.29, 1.82) is 0 Å². The molecule has 0 bridgehead atoms. The number of carbonyl (C=O) groups is 1. The van der Waals surface area contributed by atoms with Crippen molar-refractivity contribution in [3.05, 3.63) is 76.9 Å². The van der Waals surface area contributed by atoms with Crippen LogP contribution in [0.3, 0.4) is 0 Å². The molecule has 32 heavy (non-hydrogen) atoms. The van der Waals surface area contributed by atoms with Gasteiger partial charge in [0.05, 0.1) is 41.4 Å². The van der Waals surface area contributed by atoms with Crippen LogP contribution in [0, 0.1) is 6.92 Å². The summed E-state index contributed by atoms with van der Waals surface area (Å²) in [5.41, 5.74) is 12.4. The van der Waals surface area contributed by atoms with E-state index in [0.717, 1.165) is 34.2 Å². The highest BCUT2D eigenvalue weighted by molar-refractivity contribution is 6.36. The maximum atomic E-state index is 11.6. The Hall–Kier alpha value is -3.68. The number of aryl methyl sites for hydroxylation is 1. The maximum absolute atomic E-state index is 11.6. The van der Waals surface area contributed by atoms with E-state index in [4.69, 9.17) is 17.3 Å². The van der Waals surface area contributed by atoms with Crippen molar-refractivity contribution >= 4 is 34.9 Å². The van der Waals surface area contributed by atoms with E-state index >= 15 is 0 Å². The Morgan fingerprint density at radius 1 is 1.09 bits per heavy atom. The van der Waals surface area contributed by atoms with Crippen LogP contribution in [0.2, 0.25) is 5.02 Å². The lowest BCUT2D eigenvalue weighted by atomic mass is 9.93. The van der Waals surface area contributed by atoms with E-state index < -0.39 is 0 Å². The van der Waals surface area contributed by atoms with E-state index in [-0.39, 0.29) is 6.61 Å². The van der Waals surface area contributed by atoms with Crippen LogP contribution in [0.4, 0.5) is 17.1 Å². The van der Waals surface area contributed by atoms with Crippen LogP contribution in [0.5, 0.6) is 0 Å². The lowest BCUT2D eigenvalue weighted by Crippen LogP contribution is -2.02. The zero-order valence-corrected chi connectivity index (χ0v) is 18.2. The summed E-state index contributed by atoms with van der Waals surface area (Å²) in [6, 6.07) is 16.9. The summed E-state index contributed by atoms with van der Waals surface area (Å²) in [6.45, 7) is 2.15. The van der Waals surface area contributed by atoms with Crippen LogP contribution in [-0.2, 0) is 6.54 Å². The Bertz CT molecular complexity index is 1290. The Labute approximate surface area is 190 Å². The second-order valence-corrected chi connectivity index (χ2v) is 7.72. The molecule has 3 aromatic carbocycles. The van der Waals surface area contributed by atoms with Crippen molar-refractivity contribution in [3.8, 4) is 22.4 Å². The monoisotopic (exact) mass is 447 g/mol. The Morgan fingerprint density at radius 3 is 2.62 bits per heavy atom. The fourth-order valence-corrected chi connectivity index (χ4v) is 3.79. The largest absolute Gasteiger partial charge is 0.397 e. The quantitative estimate of drug-likeness (QED) is 0.280. The number of nitrogens with zero attached hydrogens (tertiary/aromatic N) is 3. The minimum Gasteiger partial charge on any atom is -0.397 e. The van der Waals surface area contributed by atoms with Gasteiger partial charge in [-0.2, -0.15) is 0 Å². The average Bonchev–Trinajstić information content (AvgIpc) is 3.25. The van der Waals surface area contributed by atoms with Gasteiger partial charge < -0.3 is 16.2 Å². The lowest BCUT2D eigenvalue weighted by molar-refractivity contribution is 0.112. The van der Waals surface area contributed by atoms with E-state index in [1.807, 2.05) is 55.5 Å². The molecule has 4 rings (SSSR count). The Kier molecular flexibility index (Phi) is 6.20. The van der Waals surface area contributed by atoms with Crippen molar-refractivity contribution in [2.75, 3.05) is 17.7 Å². The number of hydrogen-bond donors (Lipinski definition) is 3. The molecule has 7 nitrogen and oxygen atoms in total. The smallest absolute Gasteiger partial charge is 0.150 e. The third-order valence-electron chi connectivity index (χ3n) is 5.20. The second-order valence-electron chi connectivity index (χ2n) is 7.34. The fraction of sp³-hybridized carbons (Fsp3) is 0.125. The molecule has 8 heteroatoms. The van der Waals surface area contributed by atoms with Crippen LogP contribution >= 0.6 is 11.6 Å². The van der Waals surface area contributed by atoms with Gasteiger partial charge in [0, 0.05) is 16.7 Å². The van der Waals surface area contributed by atoms with E-state index in [2.05, 4.69) is 15.6 Å². The van der Waals surface area contributed by atoms with Gasteiger partial charge in [-0.3, -0.25) is 4.79 Å². The third kappa shape index (κ3) is 4.21. The molecule has 0 aliphatic heterocycles. The molecule has 0 radical (unpaired) electrons. The van der Waals surface area contributed by atoms with Gasteiger partial charge in [-0.15, -0.1) is 5.10 Å². The number of rotatable bonds is 7. The van der Waals surface area contributed by atoms with Gasteiger partial charge in [-0.1, -0.05) is 41.1 Å². The number of aliphatic hydroxyl groups is 1. The highest BCUT2D eigenvalue weighted by Crippen LogP contribution is 2.41. The van der Waals surface area contributed by atoms with Crippen molar-refractivity contribution < 1.29 is 9.90 Å². The van der Waals surface area contributed by atoms with Crippen LogP contribution in [0.25, 0.3) is 22.4 Å². The highest BCUT2D eigenvalue weighted by Gasteiger charge is 2.18. The molecule has 1 aromatic heterocycles. The molecule has 0 amide bonds. The third-order valence-corrected chi connectivity index (χ3v) is 5.60. The highest BCUT2D eigenvalue weighted by atomic mass is 35.5. The summed E-state index contributed by atoms with van der Waals surface area (Å²) in [5.74, 6) is 0. The molecule has 0 aliphatic rings. The number of para-hydroxylation sites is 2. The van der Waals surface area contributed by atoms with E-state index in [1.165, 1.54) is 0 Å². The molecular weight excluding hydrogens is 426 g/mol. The molecule has 0 saturated heterocycles. The number of nitrogens with one attached hydrogen (secondary N) is 1. The minimum atomic E-state index is -0.0503. The number of halogens is 1. The van der Waals surface area contributed by atoms with Crippen molar-refractivity contribution in [1.82, 2.24) is 15.0 Å². The van der Waals surface area contributed by atoms with Crippen LogP contribution < -0.4 is 11.1 Å². The molecular formula is C24H22ClN5O2. The molecule has 162 valence electrons. The molecule has 0 saturated carbocycles. The summed E-state index contributed by atoms with van der Waals surface area (Å²) in [7, 11) is 0. The number of aliphatic hydroxyl groups excluding tert-OH is 1. The van der Waals surface area contributed by atoms with Crippen LogP contribution in [-0.4, -0.2) is 33.0 Å². The number of carbonyl (C=O) groups excluding carboxylic acids is 1. The molecule has 0 atom stereocenters. The molecule has 1 heterocycles. The van der Waals surface area contributed by atoms with Crippen LogP contribution in [0.1, 0.15) is 15.9 Å².